The number of aliphatic hydroxyl groups excluding tert-OH is 1. The van der Waals surface area contributed by atoms with Crippen LogP contribution in [0.4, 0.5) is 0 Å². The van der Waals surface area contributed by atoms with Crippen molar-refractivity contribution in [1.29, 1.82) is 0 Å². The lowest BCUT2D eigenvalue weighted by Gasteiger charge is -2.24. The minimum absolute atomic E-state index is 0.121. The van der Waals surface area contributed by atoms with Crippen molar-refractivity contribution in [1.82, 2.24) is 9.21 Å². The lowest BCUT2D eigenvalue weighted by atomic mass is 10.1. The quantitative estimate of drug-likeness (QED) is 0.615. The number of terminal acetylenes is 1. The lowest BCUT2D eigenvalue weighted by molar-refractivity contribution is -0.139. The maximum absolute atomic E-state index is 13.0. The average molecular weight is 408 g/mol. The molecule has 2 aromatic rings. The van der Waals surface area contributed by atoms with E-state index >= 15 is 0 Å². The first-order chi connectivity index (χ1) is 13.9. The van der Waals surface area contributed by atoms with Crippen molar-refractivity contribution in [2.24, 2.45) is 0 Å². The molecule has 0 bridgehead atoms. The van der Waals surface area contributed by atoms with Crippen LogP contribution in [0.25, 0.3) is 0 Å². The third-order valence-electron chi connectivity index (χ3n) is 5.32. The zero-order valence-corrected chi connectivity index (χ0v) is 16.5. The van der Waals surface area contributed by atoms with E-state index in [2.05, 4.69) is 5.92 Å². The molecule has 0 aliphatic carbocycles. The zero-order valence-electron chi connectivity index (χ0n) is 15.7. The number of hydrogen-bond acceptors (Lipinski definition) is 4. The topological polar surface area (TPSA) is 77.9 Å². The molecule has 0 radical (unpaired) electrons. The molecule has 6 nitrogen and oxygen atoms in total. The van der Waals surface area contributed by atoms with Crippen LogP contribution in [0.15, 0.2) is 70.6 Å². The maximum atomic E-state index is 13.0. The number of rotatable bonds is 4. The Morgan fingerprint density at radius 1 is 0.966 bits per heavy atom. The van der Waals surface area contributed by atoms with Gasteiger partial charge in [-0.05, 0) is 28.8 Å². The van der Waals surface area contributed by atoms with E-state index in [9.17, 15) is 18.3 Å². The summed E-state index contributed by atoms with van der Waals surface area (Å²) in [5.41, 5.74) is 2.68. The van der Waals surface area contributed by atoms with E-state index in [1.54, 1.807) is 47.4 Å². The largest absolute Gasteiger partial charge is 0.378 e. The van der Waals surface area contributed by atoms with Crippen molar-refractivity contribution in [3.8, 4) is 12.3 Å². The fraction of sp³-hybridized carbons (Fsp3) is 0.227. The fourth-order valence-electron chi connectivity index (χ4n) is 3.77. The minimum Gasteiger partial charge on any atom is -0.378 e. The summed E-state index contributed by atoms with van der Waals surface area (Å²) in [6.45, 7) is 1.09. The molecule has 148 valence electrons. The van der Waals surface area contributed by atoms with E-state index in [1.165, 1.54) is 10.4 Å². The van der Waals surface area contributed by atoms with Gasteiger partial charge < -0.3 is 10.0 Å². The Balaban J connectivity index is 1.46. The monoisotopic (exact) mass is 408 g/mol. The highest BCUT2D eigenvalue weighted by Gasteiger charge is 2.39. The van der Waals surface area contributed by atoms with Gasteiger partial charge in [0.15, 0.2) is 6.10 Å². The van der Waals surface area contributed by atoms with Crippen LogP contribution in [0.3, 0.4) is 0 Å². The molecule has 0 spiro atoms. The van der Waals surface area contributed by atoms with Crippen molar-refractivity contribution in [2.45, 2.75) is 11.0 Å². The Morgan fingerprint density at radius 2 is 1.55 bits per heavy atom. The molecule has 0 unspecified atom stereocenters. The van der Waals surface area contributed by atoms with Gasteiger partial charge in [-0.15, -0.1) is 6.42 Å². The van der Waals surface area contributed by atoms with E-state index in [4.69, 9.17) is 6.42 Å². The maximum Gasteiger partial charge on any atom is 0.256 e. The SMILES string of the molecule is C#Cc1ccccc1S(=O)(=O)N1CC2=C(CN(C(=O)[C@H](O)c3ccccc3)C2)C1. The van der Waals surface area contributed by atoms with E-state index < -0.39 is 16.1 Å². The summed E-state index contributed by atoms with van der Waals surface area (Å²) in [6, 6.07) is 15.2. The number of carbonyl (C=O) groups excluding carboxylic acids is 1. The molecule has 0 fully saturated rings. The van der Waals surface area contributed by atoms with E-state index in [0.717, 1.165) is 11.1 Å². The zero-order chi connectivity index (χ0) is 20.6. The highest BCUT2D eigenvalue weighted by Crippen LogP contribution is 2.32. The van der Waals surface area contributed by atoms with Gasteiger partial charge >= 0.3 is 0 Å². The number of hydrogen-bond donors (Lipinski definition) is 1. The van der Waals surface area contributed by atoms with Crippen molar-refractivity contribution >= 4 is 15.9 Å². The predicted molar refractivity (Wildman–Crippen MR) is 108 cm³/mol. The van der Waals surface area contributed by atoms with Crippen molar-refractivity contribution in [3.05, 3.63) is 76.9 Å². The molecule has 4 rings (SSSR count). The number of benzene rings is 2. The molecular weight excluding hydrogens is 388 g/mol. The van der Waals surface area contributed by atoms with Crippen LogP contribution in [0.2, 0.25) is 0 Å². The second kappa shape index (κ2) is 7.48. The summed E-state index contributed by atoms with van der Waals surface area (Å²) in [5.74, 6) is 2.05. The molecule has 2 aromatic carbocycles. The smallest absolute Gasteiger partial charge is 0.256 e. The van der Waals surface area contributed by atoms with Gasteiger partial charge in [0.1, 0.15) is 0 Å². The van der Waals surface area contributed by atoms with Crippen LogP contribution in [0, 0.1) is 12.3 Å². The van der Waals surface area contributed by atoms with Gasteiger partial charge in [-0.25, -0.2) is 8.42 Å². The molecule has 2 aliphatic heterocycles. The molecule has 0 aromatic heterocycles. The Morgan fingerprint density at radius 3 is 2.17 bits per heavy atom. The van der Waals surface area contributed by atoms with Crippen LogP contribution >= 0.6 is 0 Å². The first kappa shape index (κ1) is 19.4. The van der Waals surface area contributed by atoms with Crippen molar-refractivity contribution in [3.63, 3.8) is 0 Å². The normalized spacial score (nSPS) is 17.9. The molecule has 29 heavy (non-hydrogen) atoms. The minimum atomic E-state index is -3.72. The Hall–Kier alpha value is -2.92. The number of amides is 1. The van der Waals surface area contributed by atoms with Crippen LogP contribution in [0.1, 0.15) is 17.2 Å². The van der Waals surface area contributed by atoms with Gasteiger partial charge in [0.25, 0.3) is 5.91 Å². The Kier molecular flexibility index (Phi) is 5.01. The molecule has 2 aliphatic rings. The van der Waals surface area contributed by atoms with Gasteiger partial charge in [0.05, 0.1) is 4.90 Å². The molecule has 2 heterocycles. The number of aliphatic hydroxyl groups is 1. The molecule has 1 N–H and O–H groups in total. The fourth-order valence-corrected chi connectivity index (χ4v) is 5.36. The summed E-state index contributed by atoms with van der Waals surface area (Å²) in [7, 11) is -3.72. The molecule has 0 saturated heterocycles. The summed E-state index contributed by atoms with van der Waals surface area (Å²) in [6.07, 6.45) is 4.23. The number of nitrogens with zero attached hydrogens (tertiary/aromatic N) is 2. The Labute approximate surface area is 170 Å². The molecule has 0 saturated carbocycles. The number of sulfonamides is 1. The van der Waals surface area contributed by atoms with Crippen LogP contribution < -0.4 is 0 Å². The van der Waals surface area contributed by atoms with E-state index in [1.807, 2.05) is 6.07 Å². The van der Waals surface area contributed by atoms with Crippen LogP contribution in [0.5, 0.6) is 0 Å². The molecule has 7 heteroatoms. The summed E-state index contributed by atoms with van der Waals surface area (Å²) in [5, 5.41) is 10.4. The summed E-state index contributed by atoms with van der Waals surface area (Å²) >= 11 is 0. The van der Waals surface area contributed by atoms with E-state index in [0.29, 0.717) is 24.2 Å². The van der Waals surface area contributed by atoms with Gasteiger partial charge in [0, 0.05) is 31.7 Å². The van der Waals surface area contributed by atoms with Crippen LogP contribution in [-0.4, -0.2) is 54.8 Å². The van der Waals surface area contributed by atoms with E-state index in [-0.39, 0.29) is 23.9 Å². The third-order valence-corrected chi connectivity index (χ3v) is 7.17. The molecule has 1 atom stereocenters. The van der Waals surface area contributed by atoms with Crippen LogP contribution in [-0.2, 0) is 14.8 Å². The summed E-state index contributed by atoms with van der Waals surface area (Å²) < 4.78 is 27.5. The second-order valence-corrected chi connectivity index (χ2v) is 9.03. The lowest BCUT2D eigenvalue weighted by Crippen LogP contribution is -2.38. The molecule has 1 amide bonds. The standard InChI is InChI=1S/C22H20N2O4S/c1-2-16-8-6-7-11-20(16)29(27,28)24-14-18-12-23(13-19(18)15-24)22(26)21(25)17-9-4-3-5-10-17/h1,3-11,21,25H,12-15H2/t21-/m1/s1. The highest BCUT2D eigenvalue weighted by atomic mass is 32.2. The van der Waals surface area contributed by atoms with Gasteiger partial charge in [-0.1, -0.05) is 48.4 Å². The van der Waals surface area contributed by atoms with Crippen molar-refractivity contribution in [2.75, 3.05) is 26.2 Å². The van der Waals surface area contributed by atoms with Gasteiger partial charge in [-0.2, -0.15) is 4.31 Å². The second-order valence-electron chi connectivity index (χ2n) is 7.13. The summed E-state index contributed by atoms with van der Waals surface area (Å²) in [4.78, 5) is 14.3. The van der Waals surface area contributed by atoms with Crippen molar-refractivity contribution < 1.29 is 18.3 Å². The first-order valence-electron chi connectivity index (χ1n) is 9.19. The van der Waals surface area contributed by atoms with Gasteiger partial charge in [-0.3, -0.25) is 4.79 Å². The third kappa shape index (κ3) is 3.47. The Bertz CT molecular complexity index is 1110. The van der Waals surface area contributed by atoms with Gasteiger partial charge in [0.2, 0.25) is 10.0 Å². The average Bonchev–Trinajstić information content (AvgIpc) is 3.33. The highest BCUT2D eigenvalue weighted by molar-refractivity contribution is 7.89. The predicted octanol–water partition coefficient (Wildman–Crippen LogP) is 1.54. The molecular formula is C22H20N2O4S. The first-order valence-corrected chi connectivity index (χ1v) is 10.6. The number of carbonyl (C=O) groups is 1.